The van der Waals surface area contributed by atoms with Crippen LogP contribution in [0.5, 0.6) is 0 Å². The van der Waals surface area contributed by atoms with Gasteiger partial charge < -0.3 is 9.55 Å². The minimum absolute atomic E-state index is 0.185. The molecule has 0 fully saturated rings. The van der Waals surface area contributed by atoms with Crippen molar-refractivity contribution in [2.75, 3.05) is 0 Å². The Hall–Kier alpha value is -0.730. The fourth-order valence-corrected chi connectivity index (χ4v) is 3.94. The van der Waals surface area contributed by atoms with E-state index in [0.29, 0.717) is 8.34 Å². The number of halogens is 2. The number of thiophene rings is 1. The normalized spacial score (nSPS) is 12.9. The number of hydrogen-bond acceptors (Lipinski definition) is 2. The third kappa shape index (κ3) is 2.56. The second kappa shape index (κ2) is 5.57. The maximum atomic E-state index is 13.8. The number of benzene rings is 1. The molecule has 2 aromatic heterocycles. The Morgan fingerprint density at radius 3 is 3.00 bits per heavy atom. The molecule has 1 unspecified atom stereocenters. The summed E-state index contributed by atoms with van der Waals surface area (Å²) in [7, 11) is 0. The fourth-order valence-electron chi connectivity index (χ4n) is 2.40. The standard InChI is InChI=1S/C14H12FIN2S2/c1-8(4-9-2-3-20-7-9)18-13-5-10(15)11(16)6-12(13)17-14(18)19/h2-3,5-8H,4H2,1H3,(H,17,19). The zero-order valence-electron chi connectivity index (χ0n) is 10.7. The molecule has 1 aromatic carbocycles. The Balaban J connectivity index is 2.08. The Morgan fingerprint density at radius 2 is 2.30 bits per heavy atom. The van der Waals surface area contributed by atoms with Crippen LogP contribution in [0.2, 0.25) is 0 Å². The predicted octanol–water partition coefficient (Wildman–Crippen LogP) is 5.31. The van der Waals surface area contributed by atoms with Crippen molar-refractivity contribution < 1.29 is 4.39 Å². The molecule has 6 heteroatoms. The van der Waals surface area contributed by atoms with Crippen molar-refractivity contribution >= 4 is 57.2 Å². The second-order valence-electron chi connectivity index (χ2n) is 4.77. The summed E-state index contributed by atoms with van der Waals surface area (Å²) in [5.41, 5.74) is 3.00. The summed E-state index contributed by atoms with van der Waals surface area (Å²) >= 11 is 9.08. The number of aromatic amines is 1. The van der Waals surface area contributed by atoms with Crippen LogP contribution in [-0.2, 0) is 6.42 Å². The molecule has 0 amide bonds. The first-order valence-corrected chi connectivity index (χ1v) is 8.59. The van der Waals surface area contributed by atoms with E-state index in [9.17, 15) is 4.39 Å². The number of H-pyrrole nitrogens is 1. The van der Waals surface area contributed by atoms with Gasteiger partial charge in [0, 0.05) is 12.1 Å². The minimum Gasteiger partial charge on any atom is -0.331 e. The number of nitrogens with zero attached hydrogens (tertiary/aromatic N) is 1. The summed E-state index contributed by atoms with van der Waals surface area (Å²) < 4.78 is 17.1. The highest BCUT2D eigenvalue weighted by Crippen LogP contribution is 2.25. The lowest BCUT2D eigenvalue weighted by atomic mass is 10.1. The van der Waals surface area contributed by atoms with Crippen molar-refractivity contribution in [3.8, 4) is 0 Å². The van der Waals surface area contributed by atoms with E-state index in [1.807, 2.05) is 27.2 Å². The quantitative estimate of drug-likeness (QED) is 0.452. The van der Waals surface area contributed by atoms with Gasteiger partial charge in [0.1, 0.15) is 5.82 Å². The summed E-state index contributed by atoms with van der Waals surface area (Å²) in [6.07, 6.45) is 0.887. The van der Waals surface area contributed by atoms with E-state index in [0.717, 1.165) is 17.5 Å². The molecular weight excluding hydrogens is 406 g/mol. The van der Waals surface area contributed by atoms with Crippen molar-refractivity contribution in [2.45, 2.75) is 19.4 Å². The van der Waals surface area contributed by atoms with Crippen LogP contribution in [0.25, 0.3) is 11.0 Å². The van der Waals surface area contributed by atoms with E-state index in [4.69, 9.17) is 12.2 Å². The van der Waals surface area contributed by atoms with Gasteiger partial charge in [0.15, 0.2) is 4.77 Å². The Bertz CT molecular complexity index is 805. The third-order valence-corrected chi connectivity index (χ3v) is 5.17. The van der Waals surface area contributed by atoms with E-state index in [-0.39, 0.29) is 11.9 Å². The lowest BCUT2D eigenvalue weighted by Gasteiger charge is -2.14. The van der Waals surface area contributed by atoms with Crippen LogP contribution in [0.15, 0.2) is 29.0 Å². The molecule has 0 bridgehead atoms. The molecule has 1 atom stereocenters. The molecule has 2 heterocycles. The molecule has 2 nitrogen and oxygen atoms in total. The summed E-state index contributed by atoms with van der Waals surface area (Å²) in [6.45, 7) is 2.11. The number of imidazole rings is 1. The largest absolute Gasteiger partial charge is 0.331 e. The third-order valence-electron chi connectivity index (χ3n) is 3.31. The first-order chi connectivity index (χ1) is 9.56. The zero-order valence-corrected chi connectivity index (χ0v) is 14.5. The minimum atomic E-state index is -0.205. The van der Waals surface area contributed by atoms with Gasteiger partial charge in [0.2, 0.25) is 0 Å². The smallest absolute Gasteiger partial charge is 0.178 e. The van der Waals surface area contributed by atoms with Gasteiger partial charge in [-0.1, -0.05) is 0 Å². The number of aromatic nitrogens is 2. The molecule has 0 aliphatic heterocycles. The molecular formula is C14H12FIN2S2. The van der Waals surface area contributed by atoms with Gasteiger partial charge in [-0.2, -0.15) is 11.3 Å². The van der Waals surface area contributed by atoms with Gasteiger partial charge in [-0.15, -0.1) is 0 Å². The van der Waals surface area contributed by atoms with Crippen LogP contribution in [-0.4, -0.2) is 9.55 Å². The first kappa shape index (κ1) is 14.2. The highest BCUT2D eigenvalue weighted by molar-refractivity contribution is 14.1. The molecule has 3 rings (SSSR count). The van der Waals surface area contributed by atoms with Gasteiger partial charge in [-0.25, -0.2) is 4.39 Å². The highest BCUT2D eigenvalue weighted by atomic mass is 127. The maximum Gasteiger partial charge on any atom is 0.178 e. The SMILES string of the molecule is CC(Cc1ccsc1)n1c(=S)[nH]c2cc(I)c(F)cc21. The molecule has 0 spiro atoms. The Kier molecular flexibility index (Phi) is 3.96. The van der Waals surface area contributed by atoms with Crippen molar-refractivity contribution in [3.05, 3.63) is 48.7 Å². The number of fused-ring (bicyclic) bond motifs is 1. The van der Waals surface area contributed by atoms with Crippen molar-refractivity contribution in [1.29, 1.82) is 0 Å². The summed E-state index contributed by atoms with van der Waals surface area (Å²) in [4.78, 5) is 3.16. The molecule has 0 saturated heterocycles. The van der Waals surface area contributed by atoms with E-state index in [2.05, 4.69) is 28.7 Å². The van der Waals surface area contributed by atoms with E-state index in [1.54, 1.807) is 23.5 Å². The topological polar surface area (TPSA) is 20.7 Å². The van der Waals surface area contributed by atoms with Gasteiger partial charge in [-0.3, -0.25) is 0 Å². The summed E-state index contributed by atoms with van der Waals surface area (Å²) in [6, 6.07) is 5.66. The van der Waals surface area contributed by atoms with Gasteiger partial charge in [0.25, 0.3) is 0 Å². The predicted molar refractivity (Wildman–Crippen MR) is 92.5 cm³/mol. The van der Waals surface area contributed by atoms with E-state index >= 15 is 0 Å². The monoisotopic (exact) mass is 418 g/mol. The van der Waals surface area contributed by atoms with Crippen LogP contribution < -0.4 is 0 Å². The first-order valence-electron chi connectivity index (χ1n) is 6.16. The Labute approximate surface area is 138 Å². The lowest BCUT2D eigenvalue weighted by Crippen LogP contribution is -2.08. The van der Waals surface area contributed by atoms with Gasteiger partial charge in [0.05, 0.1) is 14.6 Å². The molecule has 3 aromatic rings. The van der Waals surface area contributed by atoms with E-state index < -0.39 is 0 Å². The highest BCUT2D eigenvalue weighted by Gasteiger charge is 2.14. The van der Waals surface area contributed by atoms with Crippen LogP contribution >= 0.6 is 46.1 Å². The van der Waals surface area contributed by atoms with Gasteiger partial charge in [-0.05, 0) is 76.6 Å². The zero-order chi connectivity index (χ0) is 14.3. The van der Waals surface area contributed by atoms with Crippen molar-refractivity contribution in [2.24, 2.45) is 0 Å². The number of rotatable bonds is 3. The maximum absolute atomic E-state index is 13.8. The molecule has 0 aliphatic carbocycles. The molecule has 0 aliphatic rings. The summed E-state index contributed by atoms with van der Waals surface area (Å²) in [5, 5.41) is 4.21. The van der Waals surface area contributed by atoms with Crippen molar-refractivity contribution in [3.63, 3.8) is 0 Å². The molecule has 1 N–H and O–H groups in total. The van der Waals surface area contributed by atoms with Crippen LogP contribution in [0, 0.1) is 14.2 Å². The summed E-state index contributed by atoms with van der Waals surface area (Å²) in [5.74, 6) is -0.205. The van der Waals surface area contributed by atoms with E-state index in [1.165, 1.54) is 5.56 Å². The fraction of sp³-hybridized carbons (Fsp3) is 0.214. The molecule has 0 saturated carbocycles. The Morgan fingerprint density at radius 1 is 1.50 bits per heavy atom. The molecule has 20 heavy (non-hydrogen) atoms. The average molecular weight is 418 g/mol. The van der Waals surface area contributed by atoms with Crippen LogP contribution in [0.3, 0.4) is 0 Å². The van der Waals surface area contributed by atoms with Gasteiger partial charge >= 0.3 is 0 Å². The number of hydrogen-bond donors (Lipinski definition) is 1. The number of nitrogens with one attached hydrogen (secondary N) is 1. The van der Waals surface area contributed by atoms with Crippen molar-refractivity contribution in [1.82, 2.24) is 9.55 Å². The van der Waals surface area contributed by atoms with Crippen LogP contribution in [0.4, 0.5) is 4.39 Å². The molecule has 0 radical (unpaired) electrons. The average Bonchev–Trinajstić information content (AvgIpc) is 2.97. The second-order valence-corrected chi connectivity index (χ2v) is 7.10. The lowest BCUT2D eigenvalue weighted by molar-refractivity contribution is 0.552. The molecule has 104 valence electrons. The van der Waals surface area contributed by atoms with Crippen LogP contribution in [0.1, 0.15) is 18.5 Å².